The number of amides is 2. The fraction of sp³-hybridized carbons (Fsp3) is 0.476. The molecule has 28 heavy (non-hydrogen) atoms. The van der Waals surface area contributed by atoms with Crippen LogP contribution in [-0.4, -0.2) is 53.2 Å². The van der Waals surface area contributed by atoms with Crippen LogP contribution in [0.15, 0.2) is 42.9 Å². The van der Waals surface area contributed by atoms with Gasteiger partial charge in [-0.25, -0.2) is 9.78 Å². The first-order valence-corrected chi connectivity index (χ1v) is 10.1. The average Bonchev–Trinajstić information content (AvgIpc) is 3.43. The zero-order valence-electron chi connectivity index (χ0n) is 16.1. The molecule has 0 saturated carbocycles. The number of hydrogen-bond donors (Lipinski definition) is 1. The maximum absolute atomic E-state index is 13.0. The minimum Gasteiger partial charge on any atom is -0.376 e. The average molecular weight is 381 g/mol. The molecule has 0 bridgehead atoms. The molecule has 4 heterocycles. The van der Waals surface area contributed by atoms with Crippen molar-refractivity contribution >= 4 is 17.5 Å². The van der Waals surface area contributed by atoms with Crippen molar-refractivity contribution < 1.29 is 9.53 Å². The van der Waals surface area contributed by atoms with Gasteiger partial charge in [-0.15, -0.1) is 0 Å². The van der Waals surface area contributed by atoms with E-state index >= 15 is 0 Å². The minimum absolute atomic E-state index is 0.100. The Labute approximate surface area is 165 Å². The molecule has 2 aromatic rings. The first-order chi connectivity index (χ1) is 13.8. The largest absolute Gasteiger partial charge is 0.376 e. The van der Waals surface area contributed by atoms with Gasteiger partial charge in [-0.3, -0.25) is 4.98 Å². The van der Waals surface area contributed by atoms with Gasteiger partial charge in [-0.1, -0.05) is 0 Å². The molecule has 4 rings (SSSR count). The lowest BCUT2D eigenvalue weighted by molar-refractivity contribution is 0.0819. The summed E-state index contributed by atoms with van der Waals surface area (Å²) in [6, 6.07) is 7.64. The van der Waals surface area contributed by atoms with Crippen molar-refractivity contribution in [2.45, 2.75) is 38.3 Å². The second-order valence-electron chi connectivity index (χ2n) is 7.40. The first-order valence-electron chi connectivity index (χ1n) is 10.1. The molecule has 0 aliphatic carbocycles. The summed E-state index contributed by atoms with van der Waals surface area (Å²) in [5, 5.41) is 2.99. The highest BCUT2D eigenvalue weighted by Gasteiger charge is 2.23. The Hall–Kier alpha value is -2.67. The van der Waals surface area contributed by atoms with Crippen LogP contribution in [0.3, 0.4) is 0 Å². The molecule has 1 atom stereocenters. The van der Waals surface area contributed by atoms with Gasteiger partial charge in [0.1, 0.15) is 5.82 Å². The Kier molecular flexibility index (Phi) is 6.01. The zero-order valence-corrected chi connectivity index (χ0v) is 16.1. The van der Waals surface area contributed by atoms with Gasteiger partial charge in [-0.2, -0.15) is 0 Å². The lowest BCUT2D eigenvalue weighted by atomic mass is 10.2. The number of aromatic nitrogens is 2. The minimum atomic E-state index is -0.136. The third-order valence-electron chi connectivity index (χ3n) is 5.29. The highest BCUT2D eigenvalue weighted by molar-refractivity contribution is 5.89. The molecule has 2 aliphatic heterocycles. The van der Waals surface area contributed by atoms with Crippen molar-refractivity contribution in [2.75, 3.05) is 36.5 Å². The van der Waals surface area contributed by atoms with E-state index in [0.29, 0.717) is 18.8 Å². The van der Waals surface area contributed by atoms with E-state index in [0.717, 1.165) is 43.9 Å². The molecule has 2 amide bonds. The smallest absolute Gasteiger partial charge is 0.322 e. The van der Waals surface area contributed by atoms with Crippen LogP contribution in [0.25, 0.3) is 0 Å². The topological polar surface area (TPSA) is 70.6 Å². The highest BCUT2D eigenvalue weighted by atomic mass is 16.5. The Bertz CT molecular complexity index is 756. The standard InChI is InChI=1S/C21H27N5O2/c27-21(24-18-5-6-20(23-14-18)25-11-1-2-12-25)26(16-19-4-3-13-28-19)15-17-7-9-22-10-8-17/h5-10,14,19H,1-4,11-13,15-16H2,(H,24,27). The van der Waals surface area contributed by atoms with Gasteiger partial charge in [-0.05, 0) is 55.5 Å². The Morgan fingerprint density at radius 2 is 2.00 bits per heavy atom. The highest BCUT2D eigenvalue weighted by Crippen LogP contribution is 2.20. The fourth-order valence-electron chi connectivity index (χ4n) is 3.76. The van der Waals surface area contributed by atoms with Crippen molar-refractivity contribution in [3.8, 4) is 0 Å². The van der Waals surface area contributed by atoms with Crippen LogP contribution in [0.5, 0.6) is 0 Å². The third kappa shape index (κ3) is 4.78. The number of nitrogens with one attached hydrogen (secondary N) is 1. The first kappa shape index (κ1) is 18.7. The predicted octanol–water partition coefficient (Wildman–Crippen LogP) is 3.29. The van der Waals surface area contributed by atoms with Crippen LogP contribution in [-0.2, 0) is 11.3 Å². The molecular weight excluding hydrogens is 354 g/mol. The number of ether oxygens (including phenoxy) is 1. The number of pyridine rings is 2. The number of carbonyl (C=O) groups excluding carboxylic acids is 1. The molecular formula is C21H27N5O2. The number of carbonyl (C=O) groups is 1. The van der Waals surface area contributed by atoms with Crippen LogP contribution < -0.4 is 10.2 Å². The summed E-state index contributed by atoms with van der Waals surface area (Å²) in [4.78, 5) is 25.6. The molecule has 2 fully saturated rings. The van der Waals surface area contributed by atoms with E-state index < -0.39 is 0 Å². The van der Waals surface area contributed by atoms with E-state index in [2.05, 4.69) is 20.2 Å². The summed E-state index contributed by atoms with van der Waals surface area (Å²) >= 11 is 0. The van der Waals surface area contributed by atoms with Crippen molar-refractivity contribution in [3.05, 3.63) is 48.4 Å². The lowest BCUT2D eigenvalue weighted by Crippen LogP contribution is -2.39. The molecule has 1 unspecified atom stereocenters. The number of rotatable bonds is 6. The van der Waals surface area contributed by atoms with Gasteiger partial charge in [0.2, 0.25) is 0 Å². The van der Waals surface area contributed by atoms with Crippen LogP contribution in [0.2, 0.25) is 0 Å². The van der Waals surface area contributed by atoms with Gasteiger partial charge in [0.25, 0.3) is 0 Å². The number of urea groups is 1. The van der Waals surface area contributed by atoms with E-state index in [1.807, 2.05) is 24.3 Å². The molecule has 2 saturated heterocycles. The molecule has 7 heteroatoms. The van der Waals surface area contributed by atoms with Gasteiger partial charge < -0.3 is 19.9 Å². The van der Waals surface area contributed by atoms with Crippen LogP contribution >= 0.6 is 0 Å². The van der Waals surface area contributed by atoms with Gasteiger partial charge in [0.15, 0.2) is 0 Å². The second-order valence-corrected chi connectivity index (χ2v) is 7.40. The maximum Gasteiger partial charge on any atom is 0.322 e. The van der Waals surface area contributed by atoms with Crippen molar-refractivity contribution in [1.29, 1.82) is 0 Å². The normalized spacial score (nSPS) is 19.0. The van der Waals surface area contributed by atoms with E-state index in [1.54, 1.807) is 23.5 Å². The molecule has 0 radical (unpaired) electrons. The molecule has 2 aromatic heterocycles. The molecule has 2 aliphatic rings. The molecule has 148 valence electrons. The Morgan fingerprint density at radius 1 is 1.18 bits per heavy atom. The lowest BCUT2D eigenvalue weighted by Gasteiger charge is -2.26. The van der Waals surface area contributed by atoms with Crippen molar-refractivity contribution in [3.63, 3.8) is 0 Å². The van der Waals surface area contributed by atoms with Gasteiger partial charge in [0, 0.05) is 45.2 Å². The SMILES string of the molecule is O=C(Nc1ccc(N2CCCC2)nc1)N(Cc1ccncc1)CC1CCCO1. The summed E-state index contributed by atoms with van der Waals surface area (Å²) in [7, 11) is 0. The Balaban J connectivity index is 1.41. The summed E-state index contributed by atoms with van der Waals surface area (Å²) < 4.78 is 5.74. The predicted molar refractivity (Wildman–Crippen MR) is 108 cm³/mol. The zero-order chi connectivity index (χ0) is 19.2. The number of hydrogen-bond acceptors (Lipinski definition) is 5. The summed E-state index contributed by atoms with van der Waals surface area (Å²) in [6.07, 6.45) is 9.81. The van der Waals surface area contributed by atoms with Gasteiger partial charge in [0.05, 0.1) is 18.0 Å². The summed E-state index contributed by atoms with van der Waals surface area (Å²) in [6.45, 7) is 3.98. The van der Waals surface area contributed by atoms with E-state index in [9.17, 15) is 4.79 Å². The quantitative estimate of drug-likeness (QED) is 0.831. The summed E-state index contributed by atoms with van der Waals surface area (Å²) in [5.74, 6) is 0.975. The summed E-state index contributed by atoms with van der Waals surface area (Å²) in [5.41, 5.74) is 1.76. The van der Waals surface area contributed by atoms with Crippen LogP contribution in [0.1, 0.15) is 31.2 Å². The number of anilines is 2. The van der Waals surface area contributed by atoms with E-state index in [1.165, 1.54) is 12.8 Å². The van der Waals surface area contributed by atoms with Crippen molar-refractivity contribution in [1.82, 2.24) is 14.9 Å². The van der Waals surface area contributed by atoms with E-state index in [4.69, 9.17) is 4.74 Å². The second kappa shape index (κ2) is 9.01. The van der Waals surface area contributed by atoms with Gasteiger partial charge >= 0.3 is 6.03 Å². The van der Waals surface area contributed by atoms with Crippen LogP contribution in [0, 0.1) is 0 Å². The Morgan fingerprint density at radius 3 is 2.68 bits per heavy atom. The third-order valence-corrected chi connectivity index (χ3v) is 5.29. The fourth-order valence-corrected chi connectivity index (χ4v) is 3.76. The molecule has 7 nitrogen and oxygen atoms in total. The van der Waals surface area contributed by atoms with Crippen molar-refractivity contribution in [2.24, 2.45) is 0 Å². The molecule has 1 N–H and O–H groups in total. The molecule has 0 aromatic carbocycles. The molecule has 0 spiro atoms. The monoisotopic (exact) mass is 381 g/mol. The van der Waals surface area contributed by atoms with Crippen LogP contribution in [0.4, 0.5) is 16.3 Å². The number of nitrogens with zero attached hydrogens (tertiary/aromatic N) is 4. The van der Waals surface area contributed by atoms with E-state index in [-0.39, 0.29) is 12.1 Å². The maximum atomic E-state index is 13.0.